The van der Waals surface area contributed by atoms with Crippen LogP contribution in [-0.2, 0) is 4.79 Å². The van der Waals surface area contributed by atoms with Crippen molar-refractivity contribution in [3.8, 4) is 11.8 Å². The number of hydrogen-bond acceptors (Lipinski definition) is 3. The Bertz CT molecular complexity index is 529. The number of carboxylic acid groups (broad SMARTS) is 1. The van der Waals surface area contributed by atoms with E-state index >= 15 is 0 Å². The molecule has 0 aliphatic heterocycles. The first kappa shape index (κ1) is 14.3. The lowest BCUT2D eigenvalue weighted by Crippen LogP contribution is -2.03. The summed E-state index contributed by atoms with van der Waals surface area (Å²) in [5.74, 6) is 3.75. The van der Waals surface area contributed by atoms with Crippen molar-refractivity contribution in [2.45, 2.75) is 13.3 Å². The van der Waals surface area contributed by atoms with Crippen LogP contribution >= 0.6 is 11.8 Å². The van der Waals surface area contributed by atoms with Gasteiger partial charge < -0.3 is 5.11 Å². The van der Waals surface area contributed by atoms with E-state index in [0.717, 1.165) is 17.8 Å². The SMILES string of the molecule is CC(=O)SCCC#Cc1cccc(F)c1C(=O)O. The van der Waals surface area contributed by atoms with Gasteiger partial charge in [-0.15, -0.1) is 0 Å². The van der Waals surface area contributed by atoms with Crippen LogP contribution in [0.25, 0.3) is 0 Å². The first-order valence-electron chi connectivity index (χ1n) is 5.16. The van der Waals surface area contributed by atoms with Crippen molar-refractivity contribution in [1.29, 1.82) is 0 Å². The van der Waals surface area contributed by atoms with Gasteiger partial charge in [-0.1, -0.05) is 29.7 Å². The van der Waals surface area contributed by atoms with Gasteiger partial charge in [-0.3, -0.25) is 4.79 Å². The molecule has 0 radical (unpaired) electrons. The van der Waals surface area contributed by atoms with Crippen molar-refractivity contribution in [2.24, 2.45) is 0 Å². The number of carbonyl (C=O) groups is 2. The molecule has 0 bridgehead atoms. The molecule has 3 nitrogen and oxygen atoms in total. The molecule has 0 heterocycles. The van der Waals surface area contributed by atoms with Gasteiger partial charge in [0.2, 0.25) is 0 Å². The van der Waals surface area contributed by atoms with Crippen LogP contribution in [-0.4, -0.2) is 21.9 Å². The van der Waals surface area contributed by atoms with E-state index in [-0.39, 0.29) is 10.7 Å². The second-order valence-electron chi connectivity index (χ2n) is 3.36. The Balaban J connectivity index is 2.79. The van der Waals surface area contributed by atoms with Crippen molar-refractivity contribution in [3.63, 3.8) is 0 Å². The minimum atomic E-state index is -1.34. The monoisotopic (exact) mass is 266 g/mol. The van der Waals surface area contributed by atoms with Crippen LogP contribution < -0.4 is 0 Å². The van der Waals surface area contributed by atoms with Gasteiger partial charge in [-0.05, 0) is 12.1 Å². The minimum Gasteiger partial charge on any atom is -0.478 e. The summed E-state index contributed by atoms with van der Waals surface area (Å²) in [6, 6.07) is 3.95. The summed E-state index contributed by atoms with van der Waals surface area (Å²) < 4.78 is 13.3. The van der Waals surface area contributed by atoms with Crippen LogP contribution in [0.1, 0.15) is 29.3 Å². The Hall–Kier alpha value is -1.80. The number of carboxylic acids is 1. The number of carbonyl (C=O) groups excluding carboxylic acids is 1. The molecule has 1 N–H and O–H groups in total. The summed E-state index contributed by atoms with van der Waals surface area (Å²) in [5, 5.41) is 8.87. The van der Waals surface area contributed by atoms with E-state index in [4.69, 9.17) is 5.11 Å². The van der Waals surface area contributed by atoms with E-state index in [1.807, 2.05) is 0 Å². The molecule has 0 aliphatic rings. The first-order valence-corrected chi connectivity index (χ1v) is 6.15. The summed E-state index contributed by atoms with van der Waals surface area (Å²) in [6.07, 6.45) is 0.444. The molecular formula is C13H11FO3S. The molecule has 0 saturated carbocycles. The molecule has 0 unspecified atom stereocenters. The van der Waals surface area contributed by atoms with Gasteiger partial charge in [0.15, 0.2) is 5.12 Å². The topological polar surface area (TPSA) is 54.4 Å². The number of thioether (sulfide) groups is 1. The van der Waals surface area contributed by atoms with E-state index in [1.54, 1.807) is 0 Å². The van der Waals surface area contributed by atoms with Crippen molar-refractivity contribution in [2.75, 3.05) is 5.75 Å². The van der Waals surface area contributed by atoms with Crippen LogP contribution in [0.3, 0.4) is 0 Å². The molecule has 1 aromatic carbocycles. The minimum absolute atomic E-state index is 0.00813. The third-order valence-corrected chi connectivity index (χ3v) is 2.80. The first-order chi connectivity index (χ1) is 8.52. The van der Waals surface area contributed by atoms with Gasteiger partial charge in [-0.25, -0.2) is 9.18 Å². The van der Waals surface area contributed by atoms with Gasteiger partial charge in [0, 0.05) is 24.7 Å². The molecule has 0 amide bonds. The summed E-state index contributed by atoms with van der Waals surface area (Å²) >= 11 is 1.15. The fraction of sp³-hybridized carbons (Fsp3) is 0.231. The number of benzene rings is 1. The molecule has 18 heavy (non-hydrogen) atoms. The summed E-state index contributed by atoms with van der Waals surface area (Å²) in [5.41, 5.74) is -0.264. The molecule has 1 rings (SSSR count). The number of hydrogen-bond donors (Lipinski definition) is 1. The van der Waals surface area contributed by atoms with Crippen LogP contribution in [0.2, 0.25) is 0 Å². The summed E-state index contributed by atoms with van der Waals surface area (Å²) in [6.45, 7) is 1.47. The zero-order valence-corrected chi connectivity index (χ0v) is 10.5. The van der Waals surface area contributed by atoms with E-state index in [1.165, 1.54) is 19.1 Å². The molecular weight excluding hydrogens is 255 g/mol. The second kappa shape index (κ2) is 6.82. The highest BCUT2D eigenvalue weighted by molar-refractivity contribution is 8.13. The smallest absolute Gasteiger partial charge is 0.339 e. The molecule has 0 spiro atoms. The lowest BCUT2D eigenvalue weighted by Gasteiger charge is -1.99. The van der Waals surface area contributed by atoms with Crippen molar-refractivity contribution in [3.05, 3.63) is 35.1 Å². The zero-order valence-electron chi connectivity index (χ0n) is 9.70. The van der Waals surface area contributed by atoms with E-state index in [9.17, 15) is 14.0 Å². The normalized spacial score (nSPS) is 9.44. The third kappa shape index (κ3) is 4.22. The highest BCUT2D eigenvalue weighted by Crippen LogP contribution is 2.12. The van der Waals surface area contributed by atoms with Gasteiger partial charge in [0.05, 0.1) is 0 Å². The largest absolute Gasteiger partial charge is 0.478 e. The van der Waals surface area contributed by atoms with Crippen LogP contribution in [0.5, 0.6) is 0 Å². The number of halogens is 1. The predicted octanol–water partition coefficient (Wildman–Crippen LogP) is 2.55. The Morgan fingerprint density at radius 3 is 2.78 bits per heavy atom. The lowest BCUT2D eigenvalue weighted by atomic mass is 10.1. The van der Waals surface area contributed by atoms with Crippen molar-refractivity contribution in [1.82, 2.24) is 0 Å². The average molecular weight is 266 g/mol. The second-order valence-corrected chi connectivity index (χ2v) is 4.63. The standard InChI is InChI=1S/C13H11FO3S/c1-9(15)18-8-3-2-5-10-6-4-7-11(14)12(10)13(16)17/h4,6-7H,3,8H2,1H3,(H,16,17). The molecule has 0 aromatic heterocycles. The third-order valence-electron chi connectivity index (χ3n) is 1.98. The maximum Gasteiger partial charge on any atom is 0.339 e. The molecule has 1 aromatic rings. The predicted molar refractivity (Wildman–Crippen MR) is 68.0 cm³/mol. The Morgan fingerprint density at radius 1 is 1.44 bits per heavy atom. The van der Waals surface area contributed by atoms with Gasteiger partial charge in [0.25, 0.3) is 0 Å². The molecule has 0 atom stereocenters. The van der Waals surface area contributed by atoms with Gasteiger partial charge in [0.1, 0.15) is 11.4 Å². The molecule has 94 valence electrons. The fourth-order valence-electron chi connectivity index (χ4n) is 1.25. The highest BCUT2D eigenvalue weighted by Gasteiger charge is 2.13. The van der Waals surface area contributed by atoms with Crippen molar-refractivity contribution < 1.29 is 19.1 Å². The molecule has 0 fully saturated rings. The molecule has 5 heteroatoms. The number of aromatic carboxylic acids is 1. The lowest BCUT2D eigenvalue weighted by molar-refractivity contribution is -0.109. The van der Waals surface area contributed by atoms with Crippen LogP contribution in [0.15, 0.2) is 18.2 Å². The zero-order chi connectivity index (χ0) is 13.5. The van der Waals surface area contributed by atoms with Gasteiger partial charge >= 0.3 is 5.97 Å². The Morgan fingerprint density at radius 2 is 2.17 bits per heavy atom. The molecule has 0 saturated heterocycles. The van der Waals surface area contributed by atoms with Crippen LogP contribution in [0, 0.1) is 17.7 Å². The van der Waals surface area contributed by atoms with Crippen molar-refractivity contribution >= 4 is 22.8 Å². The van der Waals surface area contributed by atoms with E-state index in [2.05, 4.69) is 11.8 Å². The van der Waals surface area contributed by atoms with E-state index < -0.39 is 17.3 Å². The fourth-order valence-corrected chi connectivity index (χ4v) is 1.74. The maximum atomic E-state index is 13.3. The summed E-state index contributed by atoms with van der Waals surface area (Å²) in [4.78, 5) is 21.5. The maximum absolute atomic E-state index is 13.3. The van der Waals surface area contributed by atoms with Crippen LogP contribution in [0.4, 0.5) is 4.39 Å². The molecule has 0 aliphatic carbocycles. The average Bonchev–Trinajstić information content (AvgIpc) is 2.27. The van der Waals surface area contributed by atoms with E-state index in [0.29, 0.717) is 12.2 Å². The quantitative estimate of drug-likeness (QED) is 0.674. The number of rotatable bonds is 3. The summed E-state index contributed by atoms with van der Waals surface area (Å²) in [7, 11) is 0. The highest BCUT2D eigenvalue weighted by atomic mass is 32.2. The Kier molecular flexibility index (Phi) is 5.40. The van der Waals surface area contributed by atoms with Gasteiger partial charge in [-0.2, -0.15) is 0 Å². The Labute approximate surface area is 108 Å².